The van der Waals surface area contributed by atoms with Gasteiger partial charge in [-0.15, -0.1) is 0 Å². The predicted molar refractivity (Wildman–Crippen MR) is 145 cm³/mol. The lowest BCUT2D eigenvalue weighted by Crippen LogP contribution is -2.34. The minimum Gasteiger partial charge on any atom is -0.341 e. The molecule has 0 aliphatic carbocycles. The van der Waals surface area contributed by atoms with E-state index in [0.29, 0.717) is 15.0 Å². The Morgan fingerprint density at radius 2 is 1.72 bits per heavy atom. The van der Waals surface area contributed by atoms with E-state index in [4.69, 9.17) is 23.2 Å². The fourth-order valence-electron chi connectivity index (χ4n) is 4.68. The summed E-state index contributed by atoms with van der Waals surface area (Å²) in [5.74, 6) is -0.250. The van der Waals surface area contributed by atoms with Crippen molar-refractivity contribution in [2.24, 2.45) is 0 Å². The molecule has 2 aliphatic heterocycles. The van der Waals surface area contributed by atoms with Crippen LogP contribution in [0.25, 0.3) is 17.0 Å². The monoisotopic (exact) mass is 541 g/mol. The van der Waals surface area contributed by atoms with Crippen molar-refractivity contribution in [1.29, 1.82) is 0 Å². The van der Waals surface area contributed by atoms with Crippen molar-refractivity contribution < 1.29 is 14.4 Å². The summed E-state index contributed by atoms with van der Waals surface area (Å²) >= 11 is 13.0. The van der Waals surface area contributed by atoms with E-state index in [1.807, 2.05) is 39.9 Å². The number of carbonyl (C=O) groups excluding carboxylic acids is 3. The standard InChI is InChI=1S/C27H25Cl2N3O3S/c28-21-10-9-18(13-22(21)29)15-32-26(34)24(36-27(32)35)14-19-16-31(23-8-4-3-7-20(19)23)17-25(33)30-11-5-1-2-6-12-30/h3-4,7-10,13-14,16H,1-2,5-6,11-12,15,17H2/b24-14-. The first-order chi connectivity index (χ1) is 17.4. The van der Waals surface area contributed by atoms with Gasteiger partial charge in [-0.05, 0) is 54.4 Å². The van der Waals surface area contributed by atoms with Crippen LogP contribution in [0.15, 0.2) is 53.6 Å². The Kier molecular flexibility index (Phi) is 7.42. The van der Waals surface area contributed by atoms with Crippen molar-refractivity contribution in [3.8, 4) is 0 Å². The molecule has 2 aliphatic rings. The predicted octanol–water partition coefficient (Wildman–Crippen LogP) is 6.59. The average molecular weight is 542 g/mol. The van der Waals surface area contributed by atoms with E-state index in [9.17, 15) is 14.4 Å². The molecule has 1 aromatic heterocycles. The molecule has 2 aromatic carbocycles. The van der Waals surface area contributed by atoms with Gasteiger partial charge < -0.3 is 9.47 Å². The van der Waals surface area contributed by atoms with Crippen molar-refractivity contribution in [3.05, 3.63) is 74.7 Å². The molecular formula is C27H25Cl2N3O3S. The topological polar surface area (TPSA) is 62.6 Å². The molecule has 0 atom stereocenters. The fourth-order valence-corrected chi connectivity index (χ4v) is 5.83. The fraction of sp³-hybridized carbons (Fsp3) is 0.296. The summed E-state index contributed by atoms with van der Waals surface area (Å²) in [5, 5.41) is 1.38. The van der Waals surface area contributed by atoms with Gasteiger partial charge in [0.2, 0.25) is 5.91 Å². The second-order valence-electron chi connectivity index (χ2n) is 9.04. The van der Waals surface area contributed by atoms with Crippen LogP contribution < -0.4 is 0 Å². The molecule has 3 amide bonds. The number of likely N-dealkylation sites (tertiary alicyclic amines) is 1. The molecule has 186 valence electrons. The second-order valence-corrected chi connectivity index (χ2v) is 10.8. The van der Waals surface area contributed by atoms with Crippen LogP contribution in [0.3, 0.4) is 0 Å². The Morgan fingerprint density at radius 3 is 2.47 bits per heavy atom. The highest BCUT2D eigenvalue weighted by Gasteiger charge is 2.35. The second kappa shape index (κ2) is 10.7. The lowest BCUT2D eigenvalue weighted by atomic mass is 10.1. The number of amides is 3. The number of hydrogen-bond acceptors (Lipinski definition) is 4. The van der Waals surface area contributed by atoms with Crippen LogP contribution >= 0.6 is 35.0 Å². The highest BCUT2D eigenvalue weighted by atomic mass is 35.5. The van der Waals surface area contributed by atoms with Crippen LogP contribution in [0.5, 0.6) is 0 Å². The third-order valence-electron chi connectivity index (χ3n) is 6.57. The minimum absolute atomic E-state index is 0.103. The molecule has 36 heavy (non-hydrogen) atoms. The van der Waals surface area contributed by atoms with E-state index >= 15 is 0 Å². The molecule has 0 unspecified atom stereocenters. The molecule has 0 radical (unpaired) electrons. The van der Waals surface area contributed by atoms with E-state index in [0.717, 1.165) is 59.7 Å². The van der Waals surface area contributed by atoms with Crippen LogP contribution in [0, 0.1) is 0 Å². The summed E-state index contributed by atoms with van der Waals surface area (Å²) in [4.78, 5) is 42.3. The highest BCUT2D eigenvalue weighted by molar-refractivity contribution is 8.18. The van der Waals surface area contributed by atoms with Crippen LogP contribution in [-0.4, -0.2) is 44.5 Å². The number of rotatable bonds is 5. The first kappa shape index (κ1) is 24.9. The Morgan fingerprint density at radius 1 is 0.972 bits per heavy atom. The summed E-state index contributed by atoms with van der Waals surface area (Å²) in [6.45, 7) is 1.96. The molecule has 3 heterocycles. The lowest BCUT2D eigenvalue weighted by molar-refractivity contribution is -0.131. The molecular weight excluding hydrogens is 517 g/mol. The lowest BCUT2D eigenvalue weighted by Gasteiger charge is -2.20. The van der Waals surface area contributed by atoms with Gasteiger partial charge in [-0.1, -0.05) is 60.3 Å². The number of carbonyl (C=O) groups is 3. The largest absolute Gasteiger partial charge is 0.341 e. The number of thioether (sulfide) groups is 1. The van der Waals surface area contributed by atoms with Gasteiger partial charge in [0.15, 0.2) is 0 Å². The summed E-state index contributed by atoms with van der Waals surface area (Å²) < 4.78 is 1.94. The zero-order valence-corrected chi connectivity index (χ0v) is 21.9. The number of halogens is 2. The van der Waals surface area contributed by atoms with E-state index in [1.165, 1.54) is 17.7 Å². The molecule has 0 saturated carbocycles. The minimum atomic E-state index is -0.353. The molecule has 0 bridgehead atoms. The van der Waals surface area contributed by atoms with Crippen LogP contribution in [0.2, 0.25) is 10.0 Å². The number of imide groups is 1. The zero-order chi connectivity index (χ0) is 25.2. The quantitative estimate of drug-likeness (QED) is 0.342. The Hall–Kier alpha value is -2.74. The highest BCUT2D eigenvalue weighted by Crippen LogP contribution is 2.35. The van der Waals surface area contributed by atoms with E-state index in [1.54, 1.807) is 24.3 Å². The first-order valence-electron chi connectivity index (χ1n) is 12.0. The molecule has 0 spiro atoms. The van der Waals surface area contributed by atoms with Crippen molar-refractivity contribution in [2.45, 2.75) is 38.8 Å². The molecule has 0 N–H and O–H groups in total. The van der Waals surface area contributed by atoms with Crippen LogP contribution in [-0.2, 0) is 22.7 Å². The Labute approximate surface area is 223 Å². The average Bonchev–Trinajstić information content (AvgIpc) is 3.17. The first-order valence-corrected chi connectivity index (χ1v) is 13.5. The SMILES string of the molecule is O=C(Cn1cc(/C=C2\SC(=O)N(Cc3ccc(Cl)c(Cl)c3)C2=O)c2ccccc21)N1CCCCCC1. The Bertz CT molecular complexity index is 1380. The van der Waals surface area contributed by atoms with Gasteiger partial charge in [-0.25, -0.2) is 0 Å². The maximum Gasteiger partial charge on any atom is 0.293 e. The van der Waals surface area contributed by atoms with Crippen LogP contribution in [0.1, 0.15) is 36.8 Å². The number of hydrogen-bond donors (Lipinski definition) is 0. The number of para-hydroxylation sites is 1. The molecule has 5 rings (SSSR count). The van der Waals surface area contributed by atoms with Gasteiger partial charge in [0.25, 0.3) is 11.1 Å². The van der Waals surface area contributed by atoms with E-state index in [2.05, 4.69) is 0 Å². The third kappa shape index (κ3) is 5.19. The number of nitrogens with zero attached hydrogens (tertiary/aromatic N) is 3. The summed E-state index contributed by atoms with van der Waals surface area (Å²) in [6.07, 6.45) is 8.06. The van der Waals surface area contributed by atoms with Crippen molar-refractivity contribution in [2.75, 3.05) is 13.1 Å². The van der Waals surface area contributed by atoms with Gasteiger partial charge in [0, 0.05) is 35.8 Å². The van der Waals surface area contributed by atoms with Gasteiger partial charge in [0.1, 0.15) is 6.54 Å². The molecule has 3 aromatic rings. The molecule has 2 saturated heterocycles. The Balaban J connectivity index is 1.39. The summed E-state index contributed by atoms with van der Waals surface area (Å²) in [7, 11) is 0. The van der Waals surface area contributed by atoms with Crippen molar-refractivity contribution in [3.63, 3.8) is 0 Å². The van der Waals surface area contributed by atoms with Gasteiger partial charge in [-0.3, -0.25) is 19.3 Å². The summed E-state index contributed by atoms with van der Waals surface area (Å²) in [5.41, 5.74) is 2.44. The van der Waals surface area contributed by atoms with E-state index < -0.39 is 0 Å². The smallest absolute Gasteiger partial charge is 0.293 e. The van der Waals surface area contributed by atoms with Gasteiger partial charge in [-0.2, -0.15) is 0 Å². The number of aromatic nitrogens is 1. The van der Waals surface area contributed by atoms with Crippen LogP contribution in [0.4, 0.5) is 4.79 Å². The summed E-state index contributed by atoms with van der Waals surface area (Å²) in [6, 6.07) is 12.9. The van der Waals surface area contributed by atoms with Gasteiger partial charge >= 0.3 is 0 Å². The van der Waals surface area contributed by atoms with Crippen molar-refractivity contribution in [1.82, 2.24) is 14.4 Å². The maximum atomic E-state index is 13.1. The zero-order valence-electron chi connectivity index (χ0n) is 19.6. The number of benzene rings is 2. The maximum absolute atomic E-state index is 13.1. The molecule has 6 nitrogen and oxygen atoms in total. The normalized spacial score (nSPS) is 17.9. The van der Waals surface area contributed by atoms with Gasteiger partial charge in [0.05, 0.1) is 21.5 Å². The van der Waals surface area contributed by atoms with Crippen molar-refractivity contribution >= 4 is 69.0 Å². The molecule has 9 heteroatoms. The van der Waals surface area contributed by atoms with E-state index in [-0.39, 0.29) is 30.1 Å². The third-order valence-corrected chi connectivity index (χ3v) is 8.22. The number of fused-ring (bicyclic) bond motifs is 1. The molecule has 2 fully saturated rings.